The Kier molecular flexibility index (Phi) is 4.77. The van der Waals surface area contributed by atoms with Gasteiger partial charge in [0, 0.05) is 17.8 Å². The summed E-state index contributed by atoms with van der Waals surface area (Å²) in [6, 6.07) is 2.72. The van der Waals surface area contributed by atoms with E-state index in [1.54, 1.807) is 0 Å². The maximum Gasteiger partial charge on any atom is 0.328 e. The number of benzene rings is 1. The fourth-order valence-electron chi connectivity index (χ4n) is 1.18. The van der Waals surface area contributed by atoms with E-state index in [1.807, 2.05) is 5.32 Å². The smallest absolute Gasteiger partial charge is 0.328 e. The Morgan fingerprint density at radius 3 is 2.32 bits per heavy atom. The maximum absolute atomic E-state index is 11.4. The zero-order valence-corrected chi connectivity index (χ0v) is 9.57. The van der Waals surface area contributed by atoms with E-state index in [0.29, 0.717) is 0 Å². The Balaban J connectivity index is 2.61. The third kappa shape index (κ3) is 4.24. The number of aliphatic hydroxyl groups excluding tert-OH is 1. The molecule has 4 N–H and O–H groups in total. The molecule has 1 aromatic carbocycles. The summed E-state index contributed by atoms with van der Waals surface area (Å²) in [5, 5.41) is 32.0. The van der Waals surface area contributed by atoms with Crippen LogP contribution in [0.3, 0.4) is 0 Å². The summed E-state index contributed by atoms with van der Waals surface area (Å²) in [6.07, 6.45) is 0. The lowest BCUT2D eigenvalue weighted by molar-refractivity contribution is -0.384. The van der Waals surface area contributed by atoms with Crippen molar-refractivity contribution >= 4 is 23.4 Å². The zero-order valence-electron chi connectivity index (χ0n) is 9.57. The van der Waals surface area contributed by atoms with Crippen LogP contribution < -0.4 is 10.6 Å². The van der Waals surface area contributed by atoms with Gasteiger partial charge in [-0.3, -0.25) is 10.1 Å². The highest BCUT2D eigenvalue weighted by atomic mass is 16.6. The molecule has 9 nitrogen and oxygen atoms in total. The molecule has 0 aliphatic heterocycles. The summed E-state index contributed by atoms with van der Waals surface area (Å²) < 4.78 is 0. The number of carbonyl (C=O) groups excluding carboxylic acids is 1. The molecule has 0 spiro atoms. The van der Waals surface area contributed by atoms with E-state index in [9.17, 15) is 19.7 Å². The van der Waals surface area contributed by atoms with Crippen LogP contribution in [0.4, 0.5) is 16.2 Å². The number of aliphatic carboxylic acids is 1. The standard InChI is InChI=1S/C10H11N3O6/c14-5-8(9(15)16)12-10(17)11-6-1-3-7(4-2-6)13(18)19/h1-4,8,14H,5H2,(H,15,16)(H2,11,12,17)/t8-/m0/s1. The number of anilines is 1. The SMILES string of the molecule is O=C(Nc1ccc([N+](=O)[O-])cc1)N[C@@H](CO)C(=O)O. The van der Waals surface area contributed by atoms with Gasteiger partial charge in [0.05, 0.1) is 11.5 Å². The lowest BCUT2D eigenvalue weighted by Gasteiger charge is -2.12. The first-order chi connectivity index (χ1) is 8.93. The molecule has 0 heterocycles. The number of urea groups is 1. The van der Waals surface area contributed by atoms with E-state index >= 15 is 0 Å². The molecule has 0 aliphatic carbocycles. The van der Waals surface area contributed by atoms with Crippen LogP contribution in [-0.2, 0) is 4.79 Å². The third-order valence-electron chi connectivity index (χ3n) is 2.12. The topological polar surface area (TPSA) is 142 Å². The number of hydrogen-bond donors (Lipinski definition) is 4. The highest BCUT2D eigenvalue weighted by Gasteiger charge is 2.18. The summed E-state index contributed by atoms with van der Waals surface area (Å²) in [5.41, 5.74) is 0.120. The molecule has 0 aliphatic rings. The van der Waals surface area contributed by atoms with Crippen LogP contribution in [0.1, 0.15) is 0 Å². The fraction of sp³-hybridized carbons (Fsp3) is 0.200. The quantitative estimate of drug-likeness (QED) is 0.443. The average molecular weight is 269 g/mol. The number of nitrogens with zero attached hydrogens (tertiary/aromatic N) is 1. The number of rotatable bonds is 5. The van der Waals surface area contributed by atoms with Gasteiger partial charge in [-0.15, -0.1) is 0 Å². The van der Waals surface area contributed by atoms with Gasteiger partial charge in [0.2, 0.25) is 0 Å². The van der Waals surface area contributed by atoms with Crippen molar-refractivity contribution in [3.63, 3.8) is 0 Å². The van der Waals surface area contributed by atoms with E-state index < -0.39 is 29.6 Å². The number of amides is 2. The molecule has 1 atom stereocenters. The van der Waals surface area contributed by atoms with Crippen molar-refractivity contribution in [2.45, 2.75) is 6.04 Å². The Morgan fingerprint density at radius 2 is 1.89 bits per heavy atom. The van der Waals surface area contributed by atoms with Crippen molar-refractivity contribution in [3.05, 3.63) is 34.4 Å². The number of carboxylic acids is 1. The van der Waals surface area contributed by atoms with Gasteiger partial charge in [-0.05, 0) is 12.1 Å². The van der Waals surface area contributed by atoms with Gasteiger partial charge in [-0.25, -0.2) is 9.59 Å². The highest BCUT2D eigenvalue weighted by Crippen LogP contribution is 2.15. The number of nitrogens with one attached hydrogen (secondary N) is 2. The fourth-order valence-corrected chi connectivity index (χ4v) is 1.18. The first kappa shape index (κ1) is 14.4. The van der Waals surface area contributed by atoms with Crippen molar-refractivity contribution in [3.8, 4) is 0 Å². The molecule has 19 heavy (non-hydrogen) atoms. The Bertz CT molecular complexity index is 487. The normalized spacial score (nSPS) is 11.4. The summed E-state index contributed by atoms with van der Waals surface area (Å²) in [5.74, 6) is -1.37. The van der Waals surface area contributed by atoms with E-state index in [2.05, 4.69) is 5.32 Å². The molecule has 9 heteroatoms. The molecule has 1 rings (SSSR count). The number of nitro benzene ring substituents is 1. The van der Waals surface area contributed by atoms with Gasteiger partial charge in [0.1, 0.15) is 0 Å². The van der Waals surface area contributed by atoms with Gasteiger partial charge >= 0.3 is 12.0 Å². The lowest BCUT2D eigenvalue weighted by Crippen LogP contribution is -2.45. The van der Waals surface area contributed by atoms with E-state index in [4.69, 9.17) is 10.2 Å². The summed E-state index contributed by atoms with van der Waals surface area (Å²) in [6.45, 7) is -0.747. The molecule has 102 valence electrons. The van der Waals surface area contributed by atoms with Gasteiger partial charge < -0.3 is 20.8 Å². The van der Waals surface area contributed by atoms with Gasteiger partial charge in [-0.2, -0.15) is 0 Å². The first-order valence-electron chi connectivity index (χ1n) is 5.09. The van der Waals surface area contributed by atoms with Crippen molar-refractivity contribution in [1.29, 1.82) is 0 Å². The van der Waals surface area contributed by atoms with Crippen LogP contribution in [-0.4, -0.2) is 39.8 Å². The van der Waals surface area contributed by atoms with E-state index in [1.165, 1.54) is 24.3 Å². The molecular formula is C10H11N3O6. The minimum atomic E-state index is -1.42. The Morgan fingerprint density at radius 1 is 1.32 bits per heavy atom. The van der Waals surface area contributed by atoms with Gasteiger partial charge in [-0.1, -0.05) is 0 Å². The molecule has 0 bridgehead atoms. The maximum atomic E-state index is 11.4. The Labute approximate surface area is 107 Å². The second-order valence-electron chi connectivity index (χ2n) is 3.48. The van der Waals surface area contributed by atoms with Crippen LogP contribution in [0, 0.1) is 10.1 Å². The average Bonchev–Trinajstić information content (AvgIpc) is 2.36. The molecule has 0 unspecified atom stereocenters. The van der Waals surface area contributed by atoms with Gasteiger partial charge in [0.15, 0.2) is 6.04 Å². The molecule has 0 saturated carbocycles. The molecule has 0 fully saturated rings. The third-order valence-corrected chi connectivity index (χ3v) is 2.12. The first-order valence-corrected chi connectivity index (χ1v) is 5.09. The monoisotopic (exact) mass is 269 g/mol. The lowest BCUT2D eigenvalue weighted by atomic mass is 10.3. The zero-order chi connectivity index (χ0) is 14.4. The molecule has 0 radical (unpaired) electrons. The van der Waals surface area contributed by atoms with Crippen LogP contribution in [0.5, 0.6) is 0 Å². The number of hydrogen-bond acceptors (Lipinski definition) is 5. The van der Waals surface area contributed by atoms with Crippen molar-refractivity contribution in [2.24, 2.45) is 0 Å². The summed E-state index contributed by atoms with van der Waals surface area (Å²) >= 11 is 0. The summed E-state index contributed by atoms with van der Waals surface area (Å²) in [7, 11) is 0. The number of non-ortho nitro benzene ring substituents is 1. The van der Waals surface area contributed by atoms with E-state index in [-0.39, 0.29) is 11.4 Å². The molecular weight excluding hydrogens is 258 g/mol. The number of nitro groups is 1. The van der Waals surface area contributed by atoms with Crippen LogP contribution in [0.25, 0.3) is 0 Å². The Hall–Kier alpha value is -2.68. The van der Waals surface area contributed by atoms with Crippen LogP contribution in [0.2, 0.25) is 0 Å². The van der Waals surface area contributed by atoms with E-state index in [0.717, 1.165) is 0 Å². The van der Waals surface area contributed by atoms with Crippen molar-refractivity contribution < 1.29 is 24.7 Å². The minimum absolute atomic E-state index is 0.135. The molecule has 0 saturated heterocycles. The van der Waals surface area contributed by atoms with Crippen molar-refractivity contribution in [1.82, 2.24) is 5.32 Å². The number of carbonyl (C=O) groups is 2. The molecule has 1 aromatic rings. The predicted molar refractivity (Wildman–Crippen MR) is 63.8 cm³/mol. The second-order valence-corrected chi connectivity index (χ2v) is 3.48. The number of carboxylic acid groups (broad SMARTS) is 1. The number of aliphatic hydroxyl groups is 1. The molecule has 2 amide bonds. The van der Waals surface area contributed by atoms with Crippen LogP contribution >= 0.6 is 0 Å². The predicted octanol–water partition coefficient (Wildman–Crippen LogP) is 0.162. The van der Waals surface area contributed by atoms with Crippen LogP contribution in [0.15, 0.2) is 24.3 Å². The van der Waals surface area contributed by atoms with Gasteiger partial charge in [0.25, 0.3) is 5.69 Å². The molecule has 0 aromatic heterocycles. The van der Waals surface area contributed by atoms with Crippen molar-refractivity contribution in [2.75, 3.05) is 11.9 Å². The summed E-state index contributed by atoms with van der Waals surface area (Å²) in [4.78, 5) is 31.8. The minimum Gasteiger partial charge on any atom is -0.480 e. The highest BCUT2D eigenvalue weighted by molar-refractivity contribution is 5.92. The second kappa shape index (κ2) is 6.31. The largest absolute Gasteiger partial charge is 0.480 e.